The smallest absolute Gasteiger partial charge is 0.320 e. The molecular weight excluding hydrogens is 422 g/mol. The van der Waals surface area contributed by atoms with Gasteiger partial charge >= 0.3 is 6.03 Å². The van der Waals surface area contributed by atoms with Gasteiger partial charge in [-0.3, -0.25) is 4.79 Å². The van der Waals surface area contributed by atoms with Crippen LogP contribution in [0.15, 0.2) is 52.5 Å². The summed E-state index contributed by atoms with van der Waals surface area (Å²) < 4.78 is 6.14. The van der Waals surface area contributed by atoms with E-state index < -0.39 is 0 Å². The van der Waals surface area contributed by atoms with Gasteiger partial charge in [-0.2, -0.15) is 0 Å². The Labute approximate surface area is 171 Å². The second kappa shape index (κ2) is 7.31. The van der Waals surface area contributed by atoms with Gasteiger partial charge in [0.1, 0.15) is 5.75 Å². The minimum atomic E-state index is -0.286. The zero-order valence-electron chi connectivity index (χ0n) is 15.6. The van der Waals surface area contributed by atoms with E-state index in [1.165, 1.54) is 0 Å². The Balaban J connectivity index is 1.85. The van der Waals surface area contributed by atoms with E-state index in [-0.39, 0.29) is 18.0 Å². The lowest BCUT2D eigenvalue weighted by Crippen LogP contribution is -2.43. The number of methoxy groups -OCH3 is 1. The van der Waals surface area contributed by atoms with E-state index in [4.69, 9.17) is 4.74 Å². The quantitative estimate of drug-likeness (QED) is 0.740. The van der Waals surface area contributed by atoms with E-state index >= 15 is 0 Å². The number of para-hydroxylation sites is 1. The molecule has 1 atom stereocenters. The number of nitrogens with one attached hydrogen (secondary N) is 2. The third kappa shape index (κ3) is 3.16. The molecule has 7 heteroatoms. The summed E-state index contributed by atoms with van der Waals surface area (Å²) in [6.45, 7) is 2.12. The number of hydrogen-bond donors (Lipinski definition) is 2. The van der Waals surface area contributed by atoms with Crippen LogP contribution in [0.1, 0.15) is 30.5 Å². The average Bonchev–Trinajstić information content (AvgIpc) is 2.84. The third-order valence-electron chi connectivity index (χ3n) is 5.14. The van der Waals surface area contributed by atoms with Crippen molar-refractivity contribution < 1.29 is 14.3 Å². The van der Waals surface area contributed by atoms with Gasteiger partial charge in [-0.1, -0.05) is 24.3 Å². The molecule has 28 heavy (non-hydrogen) atoms. The Bertz CT molecular complexity index is 1000. The molecule has 2 aliphatic rings. The van der Waals surface area contributed by atoms with Crippen LogP contribution in [0.25, 0.3) is 5.70 Å². The third-order valence-corrected chi connectivity index (χ3v) is 5.76. The first-order valence-corrected chi connectivity index (χ1v) is 9.80. The van der Waals surface area contributed by atoms with Crippen LogP contribution in [-0.2, 0) is 4.79 Å². The van der Waals surface area contributed by atoms with Gasteiger partial charge in [0.05, 0.1) is 29.0 Å². The molecule has 0 saturated carbocycles. The molecule has 4 rings (SSSR count). The molecule has 0 saturated heterocycles. The van der Waals surface area contributed by atoms with Crippen molar-refractivity contribution in [2.75, 3.05) is 18.6 Å². The normalized spacial score (nSPS) is 18.5. The molecule has 1 unspecified atom stereocenters. The monoisotopic (exact) mass is 441 g/mol. The highest BCUT2D eigenvalue weighted by atomic mass is 79.9. The highest BCUT2D eigenvalue weighted by molar-refractivity contribution is 9.10. The zero-order chi connectivity index (χ0) is 19.8. The summed E-state index contributed by atoms with van der Waals surface area (Å²) in [5.74, 6) is 0.711. The van der Waals surface area contributed by atoms with Crippen LogP contribution in [0, 0.1) is 0 Å². The molecule has 2 N–H and O–H groups in total. The summed E-state index contributed by atoms with van der Waals surface area (Å²) in [7, 11) is 1.62. The van der Waals surface area contributed by atoms with Gasteiger partial charge in [0, 0.05) is 19.0 Å². The predicted molar refractivity (Wildman–Crippen MR) is 111 cm³/mol. The van der Waals surface area contributed by atoms with Crippen molar-refractivity contribution in [1.82, 2.24) is 10.6 Å². The van der Waals surface area contributed by atoms with Crippen molar-refractivity contribution in [3.63, 3.8) is 0 Å². The number of halogens is 1. The van der Waals surface area contributed by atoms with Crippen LogP contribution >= 0.6 is 15.9 Å². The van der Waals surface area contributed by atoms with Gasteiger partial charge in [-0.15, -0.1) is 0 Å². The first kappa shape index (κ1) is 18.6. The second-order valence-corrected chi connectivity index (χ2v) is 7.62. The maximum atomic E-state index is 12.5. The number of amides is 3. The summed E-state index contributed by atoms with van der Waals surface area (Å²) >= 11 is 3.52. The van der Waals surface area contributed by atoms with Crippen molar-refractivity contribution in [3.05, 3.63) is 63.6 Å². The number of fused-ring (bicyclic) bond motifs is 2. The predicted octanol–water partition coefficient (Wildman–Crippen LogP) is 3.98. The standard InChI is InChI=1S/C21H20BrN3O3/c1-12(26)25-10-9-15-19(13-7-8-18(28-2)16(22)11-13)23-21(27)24-20(15)14-5-3-4-6-17(14)25/h3-8,11,19H,9-10H2,1-2H3,(H2,23,24,27). The molecule has 2 aliphatic heterocycles. The average molecular weight is 442 g/mol. The first-order valence-electron chi connectivity index (χ1n) is 9.01. The fourth-order valence-electron chi connectivity index (χ4n) is 3.85. The van der Waals surface area contributed by atoms with Crippen molar-refractivity contribution in [3.8, 4) is 5.75 Å². The molecule has 0 aromatic heterocycles. The Hall–Kier alpha value is -2.80. The summed E-state index contributed by atoms with van der Waals surface area (Å²) in [6, 6.07) is 12.9. The van der Waals surface area contributed by atoms with Crippen LogP contribution < -0.4 is 20.3 Å². The number of rotatable bonds is 2. The van der Waals surface area contributed by atoms with Gasteiger partial charge in [-0.05, 0) is 51.7 Å². The highest BCUT2D eigenvalue weighted by Crippen LogP contribution is 2.40. The Kier molecular flexibility index (Phi) is 4.85. The number of nitrogens with zero attached hydrogens (tertiary/aromatic N) is 1. The summed E-state index contributed by atoms with van der Waals surface area (Å²) in [6.07, 6.45) is 0.644. The maximum Gasteiger partial charge on any atom is 0.320 e. The first-order chi connectivity index (χ1) is 13.5. The van der Waals surface area contributed by atoms with Gasteiger partial charge in [0.2, 0.25) is 5.91 Å². The van der Waals surface area contributed by atoms with E-state index in [1.54, 1.807) is 18.9 Å². The maximum absolute atomic E-state index is 12.5. The molecule has 6 nitrogen and oxygen atoms in total. The van der Waals surface area contributed by atoms with Crippen LogP contribution in [0.2, 0.25) is 0 Å². The van der Waals surface area contributed by atoms with E-state index in [2.05, 4.69) is 26.6 Å². The van der Waals surface area contributed by atoms with Gasteiger partial charge in [-0.25, -0.2) is 4.79 Å². The second-order valence-electron chi connectivity index (χ2n) is 6.76. The van der Waals surface area contributed by atoms with Crippen molar-refractivity contribution >= 4 is 39.3 Å². The Morgan fingerprint density at radius 1 is 1.25 bits per heavy atom. The zero-order valence-corrected chi connectivity index (χ0v) is 17.2. The van der Waals surface area contributed by atoms with E-state index in [9.17, 15) is 9.59 Å². The molecule has 0 radical (unpaired) electrons. The number of carbonyl (C=O) groups excluding carboxylic acids is 2. The SMILES string of the molecule is COc1ccc(C2NC(=O)NC3=C2CCN(C(C)=O)c2ccccc23)cc1Br. The lowest BCUT2D eigenvalue weighted by molar-refractivity contribution is -0.116. The Morgan fingerprint density at radius 2 is 2.04 bits per heavy atom. The lowest BCUT2D eigenvalue weighted by Gasteiger charge is -2.30. The summed E-state index contributed by atoms with van der Waals surface area (Å²) in [5.41, 5.74) is 4.45. The number of anilines is 1. The number of hydrogen-bond acceptors (Lipinski definition) is 3. The lowest BCUT2D eigenvalue weighted by atomic mass is 9.91. The number of carbonyl (C=O) groups is 2. The summed E-state index contributed by atoms with van der Waals surface area (Å²) in [5, 5.41) is 5.99. The molecule has 2 aromatic carbocycles. The fourth-order valence-corrected chi connectivity index (χ4v) is 4.41. The van der Waals surface area contributed by atoms with Crippen LogP contribution in [0.4, 0.5) is 10.5 Å². The van der Waals surface area contributed by atoms with Gasteiger partial charge in [0.25, 0.3) is 0 Å². The molecule has 144 valence electrons. The van der Waals surface area contributed by atoms with Gasteiger partial charge < -0.3 is 20.3 Å². The topological polar surface area (TPSA) is 70.7 Å². The van der Waals surface area contributed by atoms with Crippen molar-refractivity contribution in [2.45, 2.75) is 19.4 Å². The molecule has 0 aliphatic carbocycles. The molecular formula is C21H20BrN3O3. The van der Waals surface area contributed by atoms with E-state index in [1.807, 2.05) is 42.5 Å². The van der Waals surface area contributed by atoms with Crippen LogP contribution in [0.3, 0.4) is 0 Å². The van der Waals surface area contributed by atoms with Crippen molar-refractivity contribution in [1.29, 1.82) is 0 Å². The van der Waals surface area contributed by atoms with E-state index in [0.717, 1.165) is 38.3 Å². The molecule has 2 heterocycles. The van der Waals surface area contributed by atoms with Crippen LogP contribution in [-0.4, -0.2) is 25.6 Å². The molecule has 0 fully saturated rings. The van der Waals surface area contributed by atoms with E-state index in [0.29, 0.717) is 13.0 Å². The minimum absolute atomic E-state index is 0.0182. The van der Waals surface area contributed by atoms with Crippen molar-refractivity contribution in [2.24, 2.45) is 0 Å². The highest BCUT2D eigenvalue weighted by Gasteiger charge is 2.33. The van der Waals surface area contributed by atoms with Crippen LogP contribution in [0.5, 0.6) is 5.75 Å². The Morgan fingerprint density at radius 3 is 2.75 bits per heavy atom. The largest absolute Gasteiger partial charge is 0.496 e. The number of ether oxygens (including phenoxy) is 1. The number of urea groups is 1. The fraction of sp³-hybridized carbons (Fsp3) is 0.238. The molecule has 0 spiro atoms. The van der Waals surface area contributed by atoms with Gasteiger partial charge in [0.15, 0.2) is 0 Å². The molecule has 3 amide bonds. The number of benzene rings is 2. The minimum Gasteiger partial charge on any atom is -0.496 e. The molecule has 2 aromatic rings. The summed E-state index contributed by atoms with van der Waals surface area (Å²) in [4.78, 5) is 26.5. The molecule has 0 bridgehead atoms.